The van der Waals surface area contributed by atoms with Crippen LogP contribution in [-0.4, -0.2) is 18.5 Å². The van der Waals surface area contributed by atoms with Crippen molar-refractivity contribution >= 4 is 17.7 Å². The predicted molar refractivity (Wildman–Crippen MR) is 163 cm³/mol. The van der Waals surface area contributed by atoms with Crippen LogP contribution in [0.25, 0.3) is 0 Å². The molecule has 2 heterocycles. The van der Waals surface area contributed by atoms with Gasteiger partial charge in [0.25, 0.3) is 0 Å². The van der Waals surface area contributed by atoms with Gasteiger partial charge in [0.2, 0.25) is 5.78 Å². The molecule has 5 heteroatoms. The molecule has 1 unspecified atom stereocenters. The van der Waals surface area contributed by atoms with Crippen LogP contribution in [0.15, 0.2) is 124 Å². The molecule has 1 aliphatic carbocycles. The number of nitrogens with zero attached hydrogens (tertiary/aromatic N) is 2. The first-order chi connectivity index (χ1) is 18.6. The molecule has 0 N–H and O–H groups in total. The van der Waals surface area contributed by atoms with Crippen molar-refractivity contribution in [1.29, 1.82) is 0 Å². The second kappa shape index (κ2) is 13.6. The fourth-order valence-electron chi connectivity index (χ4n) is 4.20. The molecule has 39 heavy (non-hydrogen) atoms. The highest BCUT2D eigenvalue weighted by Gasteiger charge is 2.22. The third-order valence-corrected chi connectivity index (χ3v) is 6.36. The number of hydrogen-bond donors (Lipinski definition) is 0. The summed E-state index contributed by atoms with van der Waals surface area (Å²) in [7, 11) is 0. The van der Waals surface area contributed by atoms with E-state index in [0.29, 0.717) is 12.3 Å². The fraction of sp³-hybridized carbons (Fsp3) is 0.294. The summed E-state index contributed by atoms with van der Waals surface area (Å²) in [4.78, 5) is 19.4. The zero-order valence-electron chi connectivity index (χ0n) is 24.0. The first-order valence-electron chi connectivity index (χ1n) is 13.4. The lowest BCUT2D eigenvalue weighted by Gasteiger charge is -2.24. The van der Waals surface area contributed by atoms with Crippen molar-refractivity contribution in [3.8, 4) is 0 Å². The SMILES string of the molecule is C=C1/C=C/C=C\C=C/N=C/CC(=O)/C(=C/C(=C/C)N(CC)c2cc(C3C=CC=C(C(C)(C)C)C=C3)oc2C)O1. The van der Waals surface area contributed by atoms with E-state index in [1.807, 2.05) is 32.1 Å². The largest absolute Gasteiger partial charge is 0.463 e. The maximum Gasteiger partial charge on any atom is 0.203 e. The molecule has 0 bridgehead atoms. The third-order valence-electron chi connectivity index (χ3n) is 6.36. The van der Waals surface area contributed by atoms with Crippen LogP contribution in [0.5, 0.6) is 0 Å². The first-order valence-corrected chi connectivity index (χ1v) is 13.4. The minimum Gasteiger partial charge on any atom is -0.463 e. The number of allylic oxidation sites excluding steroid dienone is 14. The van der Waals surface area contributed by atoms with Gasteiger partial charge in [-0.25, -0.2) is 0 Å². The topological polar surface area (TPSA) is 55.0 Å². The molecule has 3 rings (SSSR count). The number of anilines is 1. The number of aliphatic imine (C=N–C) groups is 1. The molecule has 0 fully saturated rings. The van der Waals surface area contributed by atoms with Crippen LogP contribution < -0.4 is 4.90 Å². The number of likely N-dealkylation sites (N-methyl/N-ethyl adjacent to an activating group) is 1. The lowest BCUT2D eigenvalue weighted by atomic mass is 9.86. The summed E-state index contributed by atoms with van der Waals surface area (Å²) in [5, 5.41) is 0. The van der Waals surface area contributed by atoms with Gasteiger partial charge in [0, 0.05) is 43.2 Å². The average Bonchev–Trinajstić information content (AvgIpc) is 3.09. The molecule has 1 aliphatic heterocycles. The van der Waals surface area contributed by atoms with Crippen LogP contribution in [0.2, 0.25) is 0 Å². The van der Waals surface area contributed by atoms with Gasteiger partial charge in [-0.3, -0.25) is 9.79 Å². The predicted octanol–water partition coefficient (Wildman–Crippen LogP) is 8.58. The number of hydrogen-bond acceptors (Lipinski definition) is 5. The monoisotopic (exact) mass is 524 g/mol. The molecule has 2 aliphatic rings. The zero-order valence-corrected chi connectivity index (χ0v) is 24.0. The molecule has 5 nitrogen and oxygen atoms in total. The van der Waals surface area contributed by atoms with Crippen molar-refractivity contribution in [2.75, 3.05) is 11.4 Å². The second-order valence-electron chi connectivity index (χ2n) is 10.3. The number of ether oxygens (including phenoxy) is 1. The van der Waals surface area contributed by atoms with E-state index < -0.39 is 0 Å². The van der Waals surface area contributed by atoms with E-state index >= 15 is 0 Å². The van der Waals surface area contributed by atoms with Crippen molar-refractivity contribution in [2.24, 2.45) is 10.4 Å². The van der Waals surface area contributed by atoms with Crippen LogP contribution in [0.3, 0.4) is 0 Å². The molecule has 1 atom stereocenters. The summed E-state index contributed by atoms with van der Waals surface area (Å²) in [5.74, 6) is 2.08. The Morgan fingerprint density at radius 3 is 2.64 bits per heavy atom. The summed E-state index contributed by atoms with van der Waals surface area (Å²) in [6.45, 7) is 17.2. The smallest absolute Gasteiger partial charge is 0.203 e. The fourth-order valence-corrected chi connectivity index (χ4v) is 4.20. The number of carbonyl (C=O) groups is 1. The minimum atomic E-state index is -0.190. The van der Waals surface area contributed by atoms with Crippen molar-refractivity contribution in [3.05, 3.63) is 126 Å². The number of furan rings is 1. The molecule has 1 aromatic heterocycles. The molecular formula is C34H40N2O3. The number of aryl methyl sites for hydroxylation is 1. The Labute approximate surface area is 233 Å². The van der Waals surface area contributed by atoms with Gasteiger partial charge in [0.15, 0.2) is 5.76 Å². The highest BCUT2D eigenvalue weighted by Crippen LogP contribution is 2.35. The van der Waals surface area contributed by atoms with Gasteiger partial charge in [-0.15, -0.1) is 0 Å². The van der Waals surface area contributed by atoms with E-state index in [4.69, 9.17) is 9.15 Å². The van der Waals surface area contributed by atoms with Crippen LogP contribution in [0.1, 0.15) is 58.5 Å². The Morgan fingerprint density at radius 1 is 1.15 bits per heavy atom. The summed E-state index contributed by atoms with van der Waals surface area (Å²) >= 11 is 0. The van der Waals surface area contributed by atoms with Crippen molar-refractivity contribution in [3.63, 3.8) is 0 Å². The van der Waals surface area contributed by atoms with Gasteiger partial charge < -0.3 is 14.1 Å². The highest BCUT2D eigenvalue weighted by molar-refractivity contribution is 6.02. The number of Topliss-reactive ketones (excluding diaryl/α,β-unsaturated/α-hetero) is 1. The van der Waals surface area contributed by atoms with E-state index in [1.165, 1.54) is 5.57 Å². The van der Waals surface area contributed by atoms with E-state index in [2.05, 4.69) is 80.6 Å². The molecule has 0 saturated heterocycles. The van der Waals surface area contributed by atoms with Gasteiger partial charge in [0.1, 0.15) is 17.3 Å². The summed E-state index contributed by atoms with van der Waals surface area (Å²) < 4.78 is 12.2. The van der Waals surface area contributed by atoms with Gasteiger partial charge in [-0.2, -0.15) is 0 Å². The quantitative estimate of drug-likeness (QED) is 0.362. The normalized spacial score (nSPS) is 23.1. The van der Waals surface area contributed by atoms with Crippen LogP contribution in [-0.2, 0) is 9.53 Å². The van der Waals surface area contributed by atoms with Crippen molar-refractivity contribution in [2.45, 2.75) is 53.9 Å². The summed E-state index contributed by atoms with van der Waals surface area (Å²) in [6, 6.07) is 2.09. The van der Waals surface area contributed by atoms with Crippen LogP contribution in [0.4, 0.5) is 5.69 Å². The van der Waals surface area contributed by atoms with Crippen molar-refractivity contribution < 1.29 is 13.9 Å². The Bertz CT molecular complexity index is 1330. The summed E-state index contributed by atoms with van der Waals surface area (Å²) in [5.41, 5.74) is 3.10. The number of rotatable bonds is 5. The highest BCUT2D eigenvalue weighted by atomic mass is 16.5. The molecule has 204 valence electrons. The molecule has 0 radical (unpaired) electrons. The van der Waals surface area contributed by atoms with E-state index in [0.717, 1.165) is 22.9 Å². The Hall–Kier alpha value is -4.12. The zero-order chi connectivity index (χ0) is 28.4. The van der Waals surface area contributed by atoms with E-state index in [-0.39, 0.29) is 29.3 Å². The lowest BCUT2D eigenvalue weighted by Crippen LogP contribution is -2.22. The summed E-state index contributed by atoms with van der Waals surface area (Å²) in [6.07, 6.45) is 26.8. The number of carbonyl (C=O) groups excluding carboxylic acids is 1. The average molecular weight is 525 g/mol. The maximum absolute atomic E-state index is 13.1. The van der Waals surface area contributed by atoms with Crippen LogP contribution in [0, 0.1) is 12.3 Å². The minimum absolute atomic E-state index is 0.0254. The molecule has 0 amide bonds. The van der Waals surface area contributed by atoms with Crippen LogP contribution >= 0.6 is 0 Å². The Kier molecular flexibility index (Phi) is 10.3. The second-order valence-corrected chi connectivity index (χ2v) is 10.3. The number of ketones is 1. The maximum atomic E-state index is 13.1. The van der Waals surface area contributed by atoms with Gasteiger partial charge in [-0.05, 0) is 43.9 Å². The van der Waals surface area contributed by atoms with Gasteiger partial charge >= 0.3 is 0 Å². The van der Waals surface area contributed by atoms with E-state index in [9.17, 15) is 4.79 Å². The molecule has 0 aromatic carbocycles. The molecular weight excluding hydrogens is 484 g/mol. The molecule has 0 saturated carbocycles. The van der Waals surface area contributed by atoms with Gasteiger partial charge in [-0.1, -0.05) is 82.0 Å². The Morgan fingerprint density at radius 2 is 1.92 bits per heavy atom. The lowest BCUT2D eigenvalue weighted by molar-refractivity contribution is -0.117. The van der Waals surface area contributed by atoms with Gasteiger partial charge in [0.05, 0.1) is 11.6 Å². The Balaban J connectivity index is 1.93. The molecule has 0 spiro atoms. The standard InChI is InChI=1S/C34H40N2O3/c1-8-29(23-33-31(37)20-22-35-21-13-11-10-12-15-25(3)38-33)36(9-2)30-24-32(39-26(30)4)27-16-14-17-28(19-18-27)34(5,6)7/h8,10-19,21-24,27H,3,9,20H2,1-2,4-7H3/b11-10-,15-12+,21-13-,29-8-,33-23-,35-22+. The third kappa shape index (κ3) is 8.18. The molecule has 1 aromatic rings. The van der Waals surface area contributed by atoms with E-state index in [1.54, 1.807) is 36.7 Å². The van der Waals surface area contributed by atoms with Crippen molar-refractivity contribution in [1.82, 2.24) is 0 Å². The first kappa shape index (κ1) is 29.4.